The number of hydrogen-bond donors (Lipinski definition) is 2. The van der Waals surface area contributed by atoms with Gasteiger partial charge in [-0.25, -0.2) is 17.6 Å². The molecule has 0 aromatic heterocycles. The minimum atomic E-state index is -4.06. The fourth-order valence-corrected chi connectivity index (χ4v) is 2.82. The SMILES string of the molecule is Cc1ccc(NS(=O)(=O)c2cccc(C(=O)O)c2)c(F)c1. The molecule has 0 aliphatic carbocycles. The van der Waals surface area contributed by atoms with E-state index in [2.05, 4.69) is 4.72 Å². The van der Waals surface area contributed by atoms with E-state index in [0.29, 0.717) is 5.56 Å². The average molecular weight is 309 g/mol. The van der Waals surface area contributed by atoms with Gasteiger partial charge in [0.25, 0.3) is 10.0 Å². The van der Waals surface area contributed by atoms with Crippen molar-refractivity contribution in [1.29, 1.82) is 0 Å². The molecule has 21 heavy (non-hydrogen) atoms. The van der Waals surface area contributed by atoms with Crippen molar-refractivity contribution in [1.82, 2.24) is 0 Å². The van der Waals surface area contributed by atoms with E-state index in [4.69, 9.17) is 5.11 Å². The van der Waals surface area contributed by atoms with E-state index in [-0.39, 0.29) is 16.1 Å². The van der Waals surface area contributed by atoms with E-state index in [1.54, 1.807) is 13.0 Å². The second-order valence-electron chi connectivity index (χ2n) is 4.42. The molecule has 0 saturated heterocycles. The monoisotopic (exact) mass is 309 g/mol. The van der Waals surface area contributed by atoms with Gasteiger partial charge >= 0.3 is 5.97 Å². The first-order chi connectivity index (χ1) is 9.79. The summed E-state index contributed by atoms with van der Waals surface area (Å²) in [4.78, 5) is 10.6. The van der Waals surface area contributed by atoms with Crippen LogP contribution in [0.4, 0.5) is 10.1 Å². The molecule has 0 radical (unpaired) electrons. The quantitative estimate of drug-likeness (QED) is 0.909. The predicted molar refractivity (Wildman–Crippen MR) is 75.3 cm³/mol. The van der Waals surface area contributed by atoms with Crippen LogP contribution in [-0.4, -0.2) is 19.5 Å². The highest BCUT2D eigenvalue weighted by atomic mass is 32.2. The van der Waals surface area contributed by atoms with Gasteiger partial charge < -0.3 is 5.11 Å². The van der Waals surface area contributed by atoms with Crippen LogP contribution in [0.25, 0.3) is 0 Å². The number of halogens is 1. The molecule has 2 aromatic rings. The van der Waals surface area contributed by atoms with Gasteiger partial charge in [-0.15, -0.1) is 0 Å². The number of rotatable bonds is 4. The smallest absolute Gasteiger partial charge is 0.335 e. The Kier molecular flexibility index (Phi) is 3.95. The lowest BCUT2D eigenvalue weighted by molar-refractivity contribution is 0.0696. The summed E-state index contributed by atoms with van der Waals surface area (Å²) >= 11 is 0. The van der Waals surface area contributed by atoms with Crippen LogP contribution in [0.2, 0.25) is 0 Å². The van der Waals surface area contributed by atoms with Crippen LogP contribution in [0.15, 0.2) is 47.4 Å². The van der Waals surface area contributed by atoms with Crippen LogP contribution < -0.4 is 4.72 Å². The Bertz CT molecular complexity index is 802. The maximum atomic E-state index is 13.7. The highest BCUT2D eigenvalue weighted by Crippen LogP contribution is 2.20. The summed E-state index contributed by atoms with van der Waals surface area (Å²) in [5.74, 6) is -1.94. The molecule has 0 unspecified atom stereocenters. The molecule has 0 spiro atoms. The van der Waals surface area contributed by atoms with Crippen LogP contribution in [0.1, 0.15) is 15.9 Å². The van der Waals surface area contributed by atoms with E-state index in [0.717, 1.165) is 6.07 Å². The van der Waals surface area contributed by atoms with Crippen LogP contribution in [0.5, 0.6) is 0 Å². The normalized spacial score (nSPS) is 11.1. The number of nitrogens with one attached hydrogen (secondary N) is 1. The van der Waals surface area contributed by atoms with Crippen molar-refractivity contribution in [3.8, 4) is 0 Å². The van der Waals surface area contributed by atoms with Gasteiger partial charge in [0.05, 0.1) is 16.1 Å². The Labute approximate surface area is 121 Å². The molecule has 110 valence electrons. The maximum Gasteiger partial charge on any atom is 0.335 e. The van der Waals surface area contributed by atoms with E-state index >= 15 is 0 Å². The molecule has 2 aromatic carbocycles. The zero-order chi connectivity index (χ0) is 15.6. The molecule has 0 aliphatic rings. The zero-order valence-corrected chi connectivity index (χ0v) is 11.8. The maximum absolute atomic E-state index is 13.7. The zero-order valence-electron chi connectivity index (χ0n) is 11.0. The molecule has 0 bridgehead atoms. The lowest BCUT2D eigenvalue weighted by Crippen LogP contribution is -2.14. The number of carboxylic acid groups (broad SMARTS) is 1. The van der Waals surface area contributed by atoms with Gasteiger partial charge in [-0.3, -0.25) is 4.72 Å². The summed E-state index contributed by atoms with van der Waals surface area (Å²) in [7, 11) is -4.06. The number of anilines is 1. The molecule has 0 amide bonds. The Morgan fingerprint density at radius 2 is 1.90 bits per heavy atom. The first-order valence-corrected chi connectivity index (χ1v) is 7.40. The van der Waals surface area contributed by atoms with Crippen molar-refractivity contribution in [2.24, 2.45) is 0 Å². The number of aryl methyl sites for hydroxylation is 1. The number of carboxylic acids is 1. The molecule has 0 heterocycles. The Morgan fingerprint density at radius 3 is 2.52 bits per heavy atom. The van der Waals surface area contributed by atoms with Crippen molar-refractivity contribution in [3.63, 3.8) is 0 Å². The minimum Gasteiger partial charge on any atom is -0.478 e. The molecular weight excluding hydrogens is 297 g/mol. The molecule has 7 heteroatoms. The number of aromatic carboxylic acids is 1. The first kappa shape index (κ1) is 15.0. The van der Waals surface area contributed by atoms with Gasteiger partial charge in [0, 0.05) is 0 Å². The van der Waals surface area contributed by atoms with Crippen molar-refractivity contribution in [2.45, 2.75) is 11.8 Å². The number of hydrogen-bond acceptors (Lipinski definition) is 3. The Hall–Kier alpha value is -2.41. The number of sulfonamides is 1. The van der Waals surface area contributed by atoms with Gasteiger partial charge in [0.2, 0.25) is 0 Å². The average Bonchev–Trinajstić information content (AvgIpc) is 2.42. The predicted octanol–water partition coefficient (Wildman–Crippen LogP) is 2.63. The van der Waals surface area contributed by atoms with E-state index < -0.39 is 21.8 Å². The Morgan fingerprint density at radius 1 is 1.19 bits per heavy atom. The molecule has 2 N–H and O–H groups in total. The van der Waals surface area contributed by atoms with Crippen molar-refractivity contribution >= 4 is 21.7 Å². The lowest BCUT2D eigenvalue weighted by Gasteiger charge is -2.10. The second-order valence-corrected chi connectivity index (χ2v) is 6.10. The highest BCUT2D eigenvalue weighted by molar-refractivity contribution is 7.92. The van der Waals surface area contributed by atoms with Crippen LogP contribution in [0.3, 0.4) is 0 Å². The largest absolute Gasteiger partial charge is 0.478 e. The highest BCUT2D eigenvalue weighted by Gasteiger charge is 2.17. The third-order valence-electron chi connectivity index (χ3n) is 2.76. The molecular formula is C14H12FNO4S. The summed E-state index contributed by atoms with van der Waals surface area (Å²) in [5, 5.41) is 8.86. The fourth-order valence-electron chi connectivity index (χ4n) is 1.70. The molecule has 0 aliphatic heterocycles. The van der Waals surface area contributed by atoms with Crippen molar-refractivity contribution in [3.05, 3.63) is 59.4 Å². The summed E-state index contributed by atoms with van der Waals surface area (Å²) in [6, 6.07) is 8.90. The first-order valence-electron chi connectivity index (χ1n) is 5.92. The van der Waals surface area contributed by atoms with Crippen molar-refractivity contribution in [2.75, 3.05) is 4.72 Å². The van der Waals surface area contributed by atoms with Crippen LogP contribution in [0, 0.1) is 12.7 Å². The second kappa shape index (κ2) is 5.53. The summed E-state index contributed by atoms with van der Waals surface area (Å²) in [6.07, 6.45) is 0. The Balaban J connectivity index is 2.38. The number of benzene rings is 2. The molecule has 0 fully saturated rings. The minimum absolute atomic E-state index is 0.165. The van der Waals surface area contributed by atoms with E-state index in [9.17, 15) is 17.6 Å². The van der Waals surface area contributed by atoms with Crippen LogP contribution >= 0.6 is 0 Å². The third kappa shape index (κ3) is 3.38. The summed E-state index contributed by atoms with van der Waals surface area (Å²) in [5.41, 5.74) is 0.298. The van der Waals surface area contributed by atoms with Crippen molar-refractivity contribution < 1.29 is 22.7 Å². The molecule has 5 nitrogen and oxygen atoms in total. The van der Waals surface area contributed by atoms with Gasteiger partial charge in [-0.05, 0) is 42.8 Å². The van der Waals surface area contributed by atoms with Gasteiger partial charge in [0.15, 0.2) is 0 Å². The third-order valence-corrected chi connectivity index (χ3v) is 4.12. The summed E-state index contributed by atoms with van der Waals surface area (Å²) < 4.78 is 40.1. The standard InChI is InChI=1S/C14H12FNO4S/c1-9-5-6-13(12(15)7-9)16-21(19,20)11-4-2-3-10(8-11)14(17)18/h2-8,16H,1H3,(H,17,18). The topological polar surface area (TPSA) is 83.5 Å². The summed E-state index contributed by atoms with van der Waals surface area (Å²) in [6.45, 7) is 1.68. The van der Waals surface area contributed by atoms with Gasteiger partial charge in [0.1, 0.15) is 5.82 Å². The molecule has 0 atom stereocenters. The van der Waals surface area contributed by atoms with E-state index in [1.165, 1.54) is 30.3 Å². The number of carbonyl (C=O) groups is 1. The molecule has 0 saturated carbocycles. The van der Waals surface area contributed by atoms with Gasteiger partial charge in [-0.1, -0.05) is 12.1 Å². The lowest BCUT2D eigenvalue weighted by atomic mass is 10.2. The van der Waals surface area contributed by atoms with Gasteiger partial charge in [-0.2, -0.15) is 0 Å². The fraction of sp³-hybridized carbons (Fsp3) is 0.0714. The molecule has 2 rings (SSSR count). The van der Waals surface area contributed by atoms with Crippen LogP contribution in [-0.2, 0) is 10.0 Å². The van der Waals surface area contributed by atoms with E-state index in [1.807, 2.05) is 0 Å².